The summed E-state index contributed by atoms with van der Waals surface area (Å²) in [5, 5.41) is 131. The van der Waals surface area contributed by atoms with Gasteiger partial charge in [-0.25, -0.2) is 0 Å². The van der Waals surface area contributed by atoms with E-state index >= 15 is 0 Å². The average Bonchev–Trinajstić information content (AvgIpc) is 4.06. The Morgan fingerprint density at radius 1 is 0.653 bits per heavy atom. The molecule has 10 rings (SSSR count). The third-order valence-electron chi connectivity index (χ3n) is 20.8. The first-order chi connectivity index (χ1) is 35.1. The Bertz CT molecular complexity index is 2060. The van der Waals surface area contributed by atoms with Crippen molar-refractivity contribution in [2.75, 3.05) is 26.4 Å². The van der Waals surface area contributed by atoms with Crippen molar-refractivity contribution in [3.8, 4) is 0 Å². The number of ether oxygens (including phenoxy) is 10. The molecule has 430 valence electrons. The first-order valence-electron chi connectivity index (χ1n) is 27.4. The minimum Gasteiger partial charge on any atom is -0.394 e. The van der Waals surface area contributed by atoms with E-state index in [-0.39, 0.29) is 46.7 Å². The van der Waals surface area contributed by atoms with Crippen molar-refractivity contribution in [3.05, 3.63) is 11.6 Å². The summed E-state index contributed by atoms with van der Waals surface area (Å²) in [4.78, 5) is 0. The van der Waals surface area contributed by atoms with Crippen molar-refractivity contribution >= 4 is 0 Å². The Balaban J connectivity index is 0.886. The highest BCUT2D eigenvalue weighted by Crippen LogP contribution is 2.80. The predicted octanol–water partition coefficient (Wildman–Crippen LogP) is -1.18. The maximum atomic E-state index is 12.3. The van der Waals surface area contributed by atoms with E-state index in [1.165, 1.54) is 6.92 Å². The summed E-state index contributed by atoms with van der Waals surface area (Å²) in [6.45, 7) is 15.7. The Kier molecular flexibility index (Phi) is 15.5. The fourth-order valence-corrected chi connectivity index (χ4v) is 17.1. The van der Waals surface area contributed by atoms with Crippen molar-refractivity contribution in [1.29, 1.82) is 0 Å². The van der Waals surface area contributed by atoms with Gasteiger partial charge in [-0.1, -0.05) is 39.3 Å². The van der Waals surface area contributed by atoms with Gasteiger partial charge in [0.15, 0.2) is 30.9 Å². The number of allylic oxidation sites excluding steroid dienone is 1. The minimum absolute atomic E-state index is 0.111. The number of hydrogen-bond donors (Lipinski definition) is 12. The van der Waals surface area contributed by atoms with E-state index in [4.69, 9.17) is 47.4 Å². The van der Waals surface area contributed by atoms with Crippen molar-refractivity contribution in [1.82, 2.24) is 0 Å². The number of aliphatic hydroxyl groups is 12. The van der Waals surface area contributed by atoms with Gasteiger partial charge in [0.2, 0.25) is 0 Å². The third kappa shape index (κ3) is 9.16. The fraction of sp³-hybridized carbons (Fsp3) is 0.962. The highest BCUT2D eigenvalue weighted by atomic mass is 16.8. The van der Waals surface area contributed by atoms with Crippen LogP contribution < -0.4 is 0 Å². The van der Waals surface area contributed by atoms with E-state index in [2.05, 4.69) is 47.6 Å². The zero-order valence-electron chi connectivity index (χ0n) is 44.4. The largest absolute Gasteiger partial charge is 0.394 e. The highest BCUT2D eigenvalue weighted by Gasteiger charge is 2.81. The van der Waals surface area contributed by atoms with E-state index in [0.717, 1.165) is 44.1 Å². The van der Waals surface area contributed by atoms with Crippen LogP contribution in [0.4, 0.5) is 0 Å². The molecule has 0 aromatic heterocycles. The molecule has 12 N–H and O–H groups in total. The van der Waals surface area contributed by atoms with E-state index in [1.807, 2.05) is 6.92 Å². The molecule has 10 fully saturated rings. The first kappa shape index (κ1) is 57.1. The van der Waals surface area contributed by atoms with E-state index in [1.54, 1.807) is 0 Å². The van der Waals surface area contributed by atoms with Gasteiger partial charge >= 0.3 is 0 Å². The number of aliphatic hydroxyl groups excluding tert-OH is 11. The Morgan fingerprint density at radius 2 is 1.28 bits per heavy atom. The molecule has 75 heavy (non-hydrogen) atoms. The van der Waals surface area contributed by atoms with Gasteiger partial charge in [-0.3, -0.25) is 0 Å². The summed E-state index contributed by atoms with van der Waals surface area (Å²) < 4.78 is 62.8. The fourth-order valence-electron chi connectivity index (χ4n) is 17.1. The van der Waals surface area contributed by atoms with Gasteiger partial charge in [0.25, 0.3) is 0 Å². The third-order valence-corrected chi connectivity index (χ3v) is 20.8. The summed E-state index contributed by atoms with van der Waals surface area (Å²) in [5.74, 6) is -0.246. The highest BCUT2D eigenvalue weighted by molar-refractivity contribution is 5.27. The summed E-state index contributed by atoms with van der Waals surface area (Å²) in [6.07, 6.45) is -22.8. The van der Waals surface area contributed by atoms with E-state index in [0.29, 0.717) is 25.4 Å². The molecule has 0 radical (unpaired) electrons. The van der Waals surface area contributed by atoms with Crippen LogP contribution in [0.25, 0.3) is 0 Å². The van der Waals surface area contributed by atoms with E-state index < -0.39 is 153 Å². The lowest BCUT2D eigenvalue weighted by molar-refractivity contribution is -0.390. The molecule has 2 bridgehead atoms. The minimum atomic E-state index is -1.94. The van der Waals surface area contributed by atoms with Gasteiger partial charge in [-0.05, 0) is 100 Å². The van der Waals surface area contributed by atoms with Crippen LogP contribution in [0, 0.1) is 45.3 Å². The summed E-state index contributed by atoms with van der Waals surface area (Å²) in [5.41, 5.74) is -0.734. The molecule has 0 amide bonds. The molecule has 4 saturated carbocycles. The van der Waals surface area contributed by atoms with Gasteiger partial charge in [0.1, 0.15) is 85.5 Å². The van der Waals surface area contributed by atoms with E-state index in [9.17, 15) is 61.3 Å². The first-order valence-corrected chi connectivity index (χ1v) is 27.4. The molecule has 6 heterocycles. The van der Waals surface area contributed by atoms with Crippen molar-refractivity contribution in [3.63, 3.8) is 0 Å². The summed E-state index contributed by atoms with van der Waals surface area (Å²) >= 11 is 0. The zero-order chi connectivity index (χ0) is 54.3. The maximum absolute atomic E-state index is 12.3. The SMILES string of the molecule is CC(C)=CC1CC(C)(O)C2C3CCC4C5(C)CCC(OC6OCC(O)C(OC7OC(COC8OC(CO)C(O)C(O)C8O)C(O)C(O)C7O)C6OC6OC(C)C(O)C(O)C6O)C(C)(C)C5CCC4(C)C34COC2(C4)O1. The Labute approximate surface area is 438 Å². The molecule has 22 heteroatoms. The monoisotopic (exact) mass is 1070 g/mol. The van der Waals surface area contributed by atoms with Gasteiger partial charge in [-0.2, -0.15) is 0 Å². The number of rotatable bonds is 11. The smallest absolute Gasteiger partial charge is 0.187 e. The Morgan fingerprint density at radius 3 is 1.96 bits per heavy atom. The summed E-state index contributed by atoms with van der Waals surface area (Å²) in [7, 11) is 0. The van der Waals surface area contributed by atoms with Crippen molar-refractivity contribution in [2.24, 2.45) is 45.3 Å². The summed E-state index contributed by atoms with van der Waals surface area (Å²) in [6, 6.07) is 0. The molecular formula is C53H86O22. The maximum Gasteiger partial charge on any atom is 0.187 e. The zero-order valence-corrected chi connectivity index (χ0v) is 44.4. The molecule has 4 aliphatic carbocycles. The van der Waals surface area contributed by atoms with Gasteiger partial charge < -0.3 is 109 Å². The van der Waals surface area contributed by atoms with Crippen LogP contribution in [0.3, 0.4) is 0 Å². The van der Waals surface area contributed by atoms with Gasteiger partial charge in [0, 0.05) is 24.2 Å². The molecule has 6 saturated heterocycles. The van der Waals surface area contributed by atoms with Crippen LogP contribution in [-0.2, 0) is 47.4 Å². The number of fused-ring (bicyclic) bond motifs is 4. The molecule has 30 atom stereocenters. The van der Waals surface area contributed by atoms with Crippen LogP contribution in [0.2, 0.25) is 0 Å². The molecule has 2 spiro atoms. The van der Waals surface area contributed by atoms with Crippen LogP contribution in [-0.4, -0.2) is 228 Å². The average molecular weight is 1080 g/mol. The second-order valence-electron chi connectivity index (χ2n) is 25.8. The second-order valence-corrected chi connectivity index (χ2v) is 25.8. The lowest BCUT2D eigenvalue weighted by Gasteiger charge is -2.70. The van der Waals surface area contributed by atoms with Crippen LogP contribution in [0.1, 0.15) is 107 Å². The van der Waals surface area contributed by atoms with Gasteiger partial charge in [0.05, 0.1) is 50.3 Å². The van der Waals surface area contributed by atoms with Crippen molar-refractivity contribution < 1.29 is 109 Å². The lowest BCUT2D eigenvalue weighted by Crippen LogP contribution is -2.68. The Hall–Kier alpha value is -1.14. The molecular weight excluding hydrogens is 989 g/mol. The van der Waals surface area contributed by atoms with Crippen LogP contribution >= 0.6 is 0 Å². The molecule has 10 aliphatic rings. The predicted molar refractivity (Wildman–Crippen MR) is 256 cm³/mol. The molecule has 0 aromatic rings. The van der Waals surface area contributed by atoms with Crippen LogP contribution in [0.15, 0.2) is 11.6 Å². The molecule has 6 aliphatic heterocycles. The standard InChI is InChI=1S/C53H86O22/c1-22(2)15-24-16-51(8,65)43-25-9-10-30-49(6)13-12-31(48(4,5)29(49)11-14-50(30,7)52(25)20-53(43,75-24)68-21-52)72-47-42(74-45-39(63)35(59)32(56)23(3)69-45)41(26(55)18-66-47)73-46-40(64)37(61)34(58)28(71-46)19-67-44-38(62)36(60)33(57)27(17-54)70-44/h15,23-47,54-65H,9-14,16-21H2,1-8H3. The topological polar surface area (TPSA) is 335 Å². The quantitative estimate of drug-likeness (QED) is 0.0856. The molecule has 0 aromatic carbocycles. The lowest BCUT2D eigenvalue weighted by atomic mass is 9.35. The van der Waals surface area contributed by atoms with Gasteiger partial charge in [-0.15, -0.1) is 0 Å². The molecule has 30 unspecified atom stereocenters. The second kappa shape index (κ2) is 20.4. The number of hydrogen-bond acceptors (Lipinski definition) is 22. The van der Waals surface area contributed by atoms with Crippen molar-refractivity contribution in [2.45, 2.75) is 247 Å². The normalized spacial score (nSPS) is 57.3. The van der Waals surface area contributed by atoms with Crippen LogP contribution in [0.5, 0.6) is 0 Å². The molecule has 22 nitrogen and oxygen atoms in total.